The Morgan fingerprint density at radius 1 is 1.21 bits per heavy atom. The Bertz CT molecular complexity index is 1100. The number of likely N-dealkylation sites (N-methyl/N-ethyl adjacent to an activating group) is 1. The van der Waals surface area contributed by atoms with Crippen LogP contribution in [0.25, 0.3) is 0 Å². The summed E-state index contributed by atoms with van der Waals surface area (Å²) in [5.74, 6) is 0.185. The molecule has 3 N–H and O–H groups in total. The molecule has 9 heteroatoms. The van der Waals surface area contributed by atoms with Gasteiger partial charge in [0.15, 0.2) is 0 Å². The van der Waals surface area contributed by atoms with Gasteiger partial charge in [-0.2, -0.15) is 0 Å². The van der Waals surface area contributed by atoms with E-state index in [0.717, 1.165) is 11.1 Å². The van der Waals surface area contributed by atoms with Crippen LogP contribution in [-0.2, 0) is 17.6 Å². The number of carbonyl (C=O) groups excluding carboxylic acids is 2. The van der Waals surface area contributed by atoms with E-state index in [1.807, 2.05) is 30.3 Å². The lowest BCUT2D eigenvalue weighted by Crippen LogP contribution is -2.47. The Morgan fingerprint density at radius 2 is 2.00 bits per heavy atom. The number of anilines is 1. The zero-order valence-corrected chi connectivity index (χ0v) is 15.8. The second-order valence-corrected chi connectivity index (χ2v) is 6.93. The second kappa shape index (κ2) is 7.70. The van der Waals surface area contributed by atoms with Crippen molar-refractivity contribution in [3.05, 3.63) is 75.6 Å². The van der Waals surface area contributed by atoms with Crippen LogP contribution in [0.2, 0.25) is 0 Å². The molecule has 0 saturated heterocycles. The van der Waals surface area contributed by atoms with E-state index in [-0.39, 0.29) is 17.3 Å². The van der Waals surface area contributed by atoms with Gasteiger partial charge in [-0.3, -0.25) is 24.4 Å². The lowest BCUT2D eigenvalue weighted by atomic mass is 10.1. The monoisotopic (exact) mass is 392 g/mol. The first kappa shape index (κ1) is 18.6. The number of fused-ring (bicyclic) bond motifs is 1. The van der Waals surface area contributed by atoms with Crippen molar-refractivity contribution in [2.45, 2.75) is 25.3 Å². The van der Waals surface area contributed by atoms with Gasteiger partial charge < -0.3 is 10.3 Å². The highest BCUT2D eigenvalue weighted by Gasteiger charge is 2.30. The number of benzene rings is 1. The molecule has 3 aromatic rings. The van der Waals surface area contributed by atoms with Crippen molar-refractivity contribution in [2.75, 3.05) is 11.9 Å². The number of carbonyl (C=O) groups is 2. The van der Waals surface area contributed by atoms with E-state index in [9.17, 15) is 14.4 Å². The van der Waals surface area contributed by atoms with Gasteiger partial charge >= 0.3 is 0 Å². The number of H-pyrrole nitrogens is 2. The molecule has 9 nitrogen and oxygen atoms in total. The molecule has 2 amide bonds. The van der Waals surface area contributed by atoms with Crippen LogP contribution in [0.15, 0.2) is 47.3 Å². The Labute approximate surface area is 166 Å². The summed E-state index contributed by atoms with van der Waals surface area (Å²) in [6, 6.07) is 12.1. The molecule has 0 unspecified atom stereocenters. The van der Waals surface area contributed by atoms with E-state index in [1.165, 1.54) is 11.0 Å². The minimum absolute atomic E-state index is 0.0125. The molecule has 29 heavy (non-hydrogen) atoms. The van der Waals surface area contributed by atoms with Crippen LogP contribution in [0.5, 0.6) is 0 Å². The molecule has 1 aromatic carbocycles. The summed E-state index contributed by atoms with van der Waals surface area (Å²) in [6.07, 6.45) is 1.48. The van der Waals surface area contributed by atoms with Crippen molar-refractivity contribution in [1.29, 1.82) is 0 Å². The number of aromatic nitrogens is 4. The molecule has 4 rings (SSSR count). The highest BCUT2D eigenvalue weighted by molar-refractivity contribution is 6.01. The van der Waals surface area contributed by atoms with Crippen LogP contribution in [0.4, 0.5) is 5.82 Å². The van der Waals surface area contributed by atoms with Gasteiger partial charge in [0.2, 0.25) is 17.3 Å². The molecule has 0 aliphatic carbocycles. The highest BCUT2D eigenvalue weighted by atomic mass is 16.2. The molecule has 0 spiro atoms. The molecule has 0 fully saturated rings. The number of rotatable bonds is 4. The predicted molar refractivity (Wildman–Crippen MR) is 106 cm³/mol. The molecule has 0 bridgehead atoms. The number of aromatic amines is 2. The summed E-state index contributed by atoms with van der Waals surface area (Å²) in [5.41, 5.74) is 1.61. The quantitative estimate of drug-likeness (QED) is 0.606. The molecule has 1 aliphatic heterocycles. The lowest BCUT2D eigenvalue weighted by molar-refractivity contribution is -0.120. The lowest BCUT2D eigenvalue weighted by Gasteiger charge is -2.21. The standard InChI is InChI=1S/C20H20N6O3/c1-26-18-13(8-10-16(27)23-18)7-9-14(20(26)29)21-19(28)17-22-15(24-25-17)11-12-5-3-2-4-6-12/h2-6,8,10,14H,7,9,11H2,1H3,(H,21,28)(H,23,27)(H,22,24,25)/t14-/m0/s1. The minimum Gasteiger partial charge on any atom is -0.337 e. The zero-order chi connectivity index (χ0) is 20.4. The summed E-state index contributed by atoms with van der Waals surface area (Å²) in [4.78, 5) is 45.3. The van der Waals surface area contributed by atoms with Crippen molar-refractivity contribution in [3.8, 4) is 0 Å². The average molecular weight is 392 g/mol. The zero-order valence-electron chi connectivity index (χ0n) is 15.8. The summed E-state index contributed by atoms with van der Waals surface area (Å²) >= 11 is 0. The summed E-state index contributed by atoms with van der Waals surface area (Å²) in [7, 11) is 1.58. The predicted octanol–water partition coefficient (Wildman–Crippen LogP) is 0.791. The van der Waals surface area contributed by atoms with E-state index in [4.69, 9.17) is 0 Å². The number of aryl methyl sites for hydroxylation is 1. The van der Waals surface area contributed by atoms with E-state index in [1.54, 1.807) is 13.1 Å². The molecule has 3 heterocycles. The van der Waals surface area contributed by atoms with Gasteiger partial charge in [0.25, 0.3) is 5.91 Å². The van der Waals surface area contributed by atoms with Crippen molar-refractivity contribution in [2.24, 2.45) is 0 Å². The Kier molecular flexibility index (Phi) is 4.94. The van der Waals surface area contributed by atoms with Gasteiger partial charge in [-0.1, -0.05) is 30.3 Å². The van der Waals surface area contributed by atoms with Crippen molar-refractivity contribution < 1.29 is 9.59 Å². The molecular formula is C20H20N6O3. The van der Waals surface area contributed by atoms with Crippen LogP contribution in [0, 0.1) is 0 Å². The minimum atomic E-state index is -0.737. The summed E-state index contributed by atoms with van der Waals surface area (Å²) in [5, 5.41) is 9.46. The van der Waals surface area contributed by atoms with E-state index in [0.29, 0.717) is 30.9 Å². The number of nitrogens with zero attached hydrogens (tertiary/aromatic N) is 3. The highest BCUT2D eigenvalue weighted by Crippen LogP contribution is 2.22. The maximum Gasteiger partial charge on any atom is 0.291 e. The van der Waals surface area contributed by atoms with Crippen molar-refractivity contribution >= 4 is 17.6 Å². The molecule has 0 radical (unpaired) electrons. The third-order valence-corrected chi connectivity index (χ3v) is 4.90. The SMILES string of the molecule is CN1C(=O)[C@@H](NC(=O)c2n[nH]c(Cc3ccccc3)n2)CCc2ccc(=O)[nH]c21. The topological polar surface area (TPSA) is 124 Å². The van der Waals surface area contributed by atoms with Gasteiger partial charge in [-0.15, -0.1) is 5.10 Å². The fraction of sp³-hybridized carbons (Fsp3) is 0.250. The van der Waals surface area contributed by atoms with E-state index in [2.05, 4.69) is 25.5 Å². The summed E-state index contributed by atoms with van der Waals surface area (Å²) in [6.45, 7) is 0. The molecule has 1 aliphatic rings. The fourth-order valence-corrected chi connectivity index (χ4v) is 3.38. The summed E-state index contributed by atoms with van der Waals surface area (Å²) < 4.78 is 0. The molecule has 148 valence electrons. The van der Waals surface area contributed by atoms with Gasteiger partial charge in [0.1, 0.15) is 17.7 Å². The number of pyridine rings is 1. The van der Waals surface area contributed by atoms with Crippen molar-refractivity contribution in [3.63, 3.8) is 0 Å². The van der Waals surface area contributed by atoms with Crippen LogP contribution in [0.1, 0.15) is 34.0 Å². The molecule has 0 saturated carbocycles. The maximum atomic E-state index is 12.8. The third kappa shape index (κ3) is 3.93. The maximum absolute atomic E-state index is 12.8. The fourth-order valence-electron chi connectivity index (χ4n) is 3.38. The largest absolute Gasteiger partial charge is 0.337 e. The number of nitrogens with one attached hydrogen (secondary N) is 3. The van der Waals surface area contributed by atoms with Crippen LogP contribution in [-0.4, -0.2) is 45.1 Å². The van der Waals surface area contributed by atoms with Crippen LogP contribution < -0.4 is 15.8 Å². The third-order valence-electron chi connectivity index (χ3n) is 4.90. The smallest absolute Gasteiger partial charge is 0.291 e. The van der Waals surface area contributed by atoms with Gasteiger partial charge in [0, 0.05) is 19.5 Å². The van der Waals surface area contributed by atoms with E-state index < -0.39 is 11.9 Å². The first-order valence-corrected chi connectivity index (χ1v) is 9.27. The van der Waals surface area contributed by atoms with Crippen LogP contribution in [0.3, 0.4) is 0 Å². The van der Waals surface area contributed by atoms with Gasteiger partial charge in [0.05, 0.1) is 0 Å². The Hall–Kier alpha value is -3.75. The van der Waals surface area contributed by atoms with E-state index >= 15 is 0 Å². The Morgan fingerprint density at radius 3 is 2.79 bits per heavy atom. The first-order chi connectivity index (χ1) is 14.0. The average Bonchev–Trinajstić information content (AvgIpc) is 3.16. The number of amides is 2. The van der Waals surface area contributed by atoms with Crippen molar-refractivity contribution in [1.82, 2.24) is 25.5 Å². The molecule has 1 atom stereocenters. The second-order valence-electron chi connectivity index (χ2n) is 6.93. The Balaban J connectivity index is 1.46. The first-order valence-electron chi connectivity index (χ1n) is 9.27. The normalized spacial score (nSPS) is 16.2. The molecular weight excluding hydrogens is 372 g/mol. The van der Waals surface area contributed by atoms with Gasteiger partial charge in [-0.05, 0) is 30.0 Å². The molecule has 2 aromatic heterocycles. The van der Waals surface area contributed by atoms with Crippen LogP contribution >= 0.6 is 0 Å². The number of hydrogen-bond donors (Lipinski definition) is 3. The number of hydrogen-bond acceptors (Lipinski definition) is 5. The van der Waals surface area contributed by atoms with Gasteiger partial charge in [-0.25, -0.2) is 4.98 Å².